The van der Waals surface area contributed by atoms with Crippen LogP contribution in [0, 0.1) is 5.92 Å². The van der Waals surface area contributed by atoms with Crippen molar-refractivity contribution < 1.29 is 61.1 Å². The number of likely N-dealkylation sites (tertiary alicyclic amines) is 1. The van der Waals surface area contributed by atoms with Gasteiger partial charge in [-0.25, -0.2) is 13.7 Å². The molecule has 3 aliphatic carbocycles. The summed E-state index contributed by atoms with van der Waals surface area (Å²) < 4.78 is 53.8. The summed E-state index contributed by atoms with van der Waals surface area (Å²) in [6, 6.07) is 2.68. The minimum atomic E-state index is -5.72. The fourth-order valence-electron chi connectivity index (χ4n) is 6.75. The van der Waals surface area contributed by atoms with Crippen LogP contribution < -0.4 is 9.26 Å². The van der Waals surface area contributed by atoms with Gasteiger partial charge in [0.05, 0.1) is 11.0 Å². The summed E-state index contributed by atoms with van der Waals surface area (Å²) in [7, 11) is -16.8. The lowest BCUT2D eigenvalue weighted by Crippen LogP contribution is -2.76. The Hall–Kier alpha value is -1.14. The number of Topliss-reactive ketones (excluding diaryl/α,β-unsaturated/α-hetero) is 1. The third kappa shape index (κ3) is 4.18. The average molecular weight is 581 g/mol. The lowest BCUT2D eigenvalue weighted by atomic mass is 9.49. The van der Waals surface area contributed by atoms with E-state index in [2.05, 4.69) is 13.5 Å². The van der Waals surface area contributed by atoms with E-state index in [0.717, 1.165) is 24.9 Å². The second-order valence-electron chi connectivity index (χ2n) is 10.4. The molecule has 17 heteroatoms. The van der Waals surface area contributed by atoms with Crippen LogP contribution in [-0.4, -0.2) is 66.2 Å². The zero-order valence-electron chi connectivity index (χ0n) is 19.3. The van der Waals surface area contributed by atoms with Gasteiger partial charge in [-0.2, -0.15) is 8.62 Å². The standard InChI is InChI=1S/C20H26NO13P3/c22-13-5-6-20(23)15-9-12-3-4-14(32-36(27,28)34-37(29,30)33-35(24,25)26)17-16(12)19(20,18(13)31-17)7-8-21(15)10-11-1-2-11/h3-4,11,15,18,23H,1-2,5-10H2,(H,27,28)(H,29,30)(H2,24,25,26)/t15-,18+,19+,20-/m1/s1. The Morgan fingerprint density at radius 3 is 2.46 bits per heavy atom. The molecule has 1 spiro atoms. The van der Waals surface area contributed by atoms with Gasteiger partial charge in [0.1, 0.15) is 0 Å². The zero-order chi connectivity index (χ0) is 26.6. The first-order chi connectivity index (χ1) is 17.1. The second kappa shape index (κ2) is 8.19. The Labute approximate surface area is 211 Å². The molecule has 2 heterocycles. The molecule has 0 radical (unpaired) electrons. The van der Waals surface area contributed by atoms with E-state index in [1.165, 1.54) is 6.07 Å². The molecule has 204 valence electrons. The summed E-state index contributed by atoms with van der Waals surface area (Å²) in [5.41, 5.74) is -1.08. The Morgan fingerprint density at radius 1 is 1.05 bits per heavy atom. The normalized spacial score (nSPS) is 35.8. The van der Waals surface area contributed by atoms with Crippen molar-refractivity contribution in [1.29, 1.82) is 0 Å². The van der Waals surface area contributed by atoms with Gasteiger partial charge < -0.3 is 29.0 Å². The Bertz CT molecular complexity index is 1330. The molecule has 3 fully saturated rings. The van der Waals surface area contributed by atoms with Crippen molar-refractivity contribution in [3.05, 3.63) is 23.3 Å². The molecule has 14 nitrogen and oxygen atoms in total. The van der Waals surface area contributed by atoms with Crippen molar-refractivity contribution in [2.45, 2.75) is 61.7 Å². The van der Waals surface area contributed by atoms with Gasteiger partial charge in [-0.15, -0.1) is 0 Å². The van der Waals surface area contributed by atoms with Crippen molar-refractivity contribution in [3.8, 4) is 11.5 Å². The number of ether oxygens (including phenoxy) is 1. The molecule has 5 aliphatic rings. The number of rotatable bonds is 8. The van der Waals surface area contributed by atoms with Crippen LogP contribution in [0.25, 0.3) is 0 Å². The summed E-state index contributed by atoms with van der Waals surface area (Å²) >= 11 is 0. The molecule has 1 aromatic rings. The number of piperidine rings is 1. The second-order valence-corrected chi connectivity index (χ2v) is 14.7. The van der Waals surface area contributed by atoms with Crippen molar-refractivity contribution in [2.24, 2.45) is 5.92 Å². The molecule has 6 atom stereocenters. The molecule has 2 aliphatic heterocycles. The highest BCUT2D eigenvalue weighted by molar-refractivity contribution is 7.66. The lowest BCUT2D eigenvalue weighted by molar-refractivity contribution is -0.188. The number of phosphoric ester groups is 1. The van der Waals surface area contributed by atoms with E-state index in [9.17, 15) is 33.4 Å². The Morgan fingerprint density at radius 2 is 1.78 bits per heavy atom. The van der Waals surface area contributed by atoms with E-state index in [-0.39, 0.29) is 30.4 Å². The van der Waals surface area contributed by atoms with Crippen LogP contribution in [0.5, 0.6) is 11.5 Å². The van der Waals surface area contributed by atoms with Gasteiger partial charge in [-0.05, 0) is 56.2 Å². The van der Waals surface area contributed by atoms with E-state index in [0.29, 0.717) is 30.9 Å². The molecule has 0 amide bonds. The lowest BCUT2D eigenvalue weighted by Gasteiger charge is -2.62. The van der Waals surface area contributed by atoms with Crippen molar-refractivity contribution in [2.75, 3.05) is 13.1 Å². The molecule has 5 N–H and O–H groups in total. The number of hydrogen-bond acceptors (Lipinski definition) is 10. The quantitative estimate of drug-likeness (QED) is 0.276. The topological polar surface area (TPSA) is 210 Å². The summed E-state index contributed by atoms with van der Waals surface area (Å²) in [6.45, 7) is 1.50. The van der Waals surface area contributed by atoms with Crippen molar-refractivity contribution in [3.63, 3.8) is 0 Å². The predicted octanol–water partition coefficient (Wildman–Crippen LogP) is 1.53. The molecule has 2 saturated carbocycles. The van der Waals surface area contributed by atoms with Gasteiger partial charge >= 0.3 is 23.5 Å². The van der Waals surface area contributed by atoms with Gasteiger partial charge in [0.15, 0.2) is 23.4 Å². The molecular weight excluding hydrogens is 555 g/mol. The monoisotopic (exact) mass is 581 g/mol. The summed E-state index contributed by atoms with van der Waals surface area (Å²) in [5, 5.41) is 12.2. The van der Waals surface area contributed by atoms with Crippen molar-refractivity contribution in [1.82, 2.24) is 4.90 Å². The summed E-state index contributed by atoms with van der Waals surface area (Å²) in [4.78, 5) is 52.4. The molecule has 37 heavy (non-hydrogen) atoms. The average Bonchev–Trinajstić information content (AvgIpc) is 3.48. The first kappa shape index (κ1) is 26.1. The van der Waals surface area contributed by atoms with Crippen LogP contribution in [0.4, 0.5) is 0 Å². The largest absolute Gasteiger partial charge is 0.536 e. The van der Waals surface area contributed by atoms with E-state index in [1.807, 2.05) is 0 Å². The third-order valence-electron chi connectivity index (χ3n) is 8.17. The van der Waals surface area contributed by atoms with Crippen LogP contribution in [0.15, 0.2) is 12.1 Å². The molecule has 1 saturated heterocycles. The molecule has 6 rings (SSSR count). The number of carbonyl (C=O) groups is 1. The SMILES string of the molecule is O=C1CC[C@@]2(O)[C@H]3Cc4ccc(OP(=O)(O)OP(=O)(O)OP(=O)(O)O)c5c4[C@@]2(CCN3CC2CC2)[C@H]1O5. The first-order valence-electron chi connectivity index (χ1n) is 11.8. The predicted molar refractivity (Wildman–Crippen MR) is 123 cm³/mol. The van der Waals surface area contributed by atoms with Gasteiger partial charge in [0.25, 0.3) is 0 Å². The van der Waals surface area contributed by atoms with E-state index < -0.39 is 46.3 Å². The Kier molecular flexibility index (Phi) is 5.78. The van der Waals surface area contributed by atoms with Gasteiger partial charge in [0.2, 0.25) is 0 Å². The Balaban J connectivity index is 1.38. The van der Waals surface area contributed by atoms with Crippen LogP contribution in [-0.2, 0) is 38.9 Å². The fraction of sp³-hybridized carbons (Fsp3) is 0.650. The maximum atomic E-state index is 13.1. The van der Waals surface area contributed by atoms with E-state index in [4.69, 9.17) is 19.0 Å². The molecule has 1 aromatic carbocycles. The molecule has 2 bridgehead atoms. The smallest absolute Gasteiger partial charge is 0.477 e. The summed E-state index contributed by atoms with van der Waals surface area (Å²) in [6.07, 6.45) is 2.50. The van der Waals surface area contributed by atoms with Gasteiger partial charge in [-0.3, -0.25) is 14.6 Å². The highest BCUT2D eigenvalue weighted by Gasteiger charge is 2.73. The number of carbonyl (C=O) groups excluding carboxylic acids is 1. The van der Waals surface area contributed by atoms with E-state index in [1.54, 1.807) is 6.07 Å². The number of nitrogens with zero attached hydrogens (tertiary/aromatic N) is 1. The number of phosphoric acid groups is 3. The number of benzene rings is 1. The minimum absolute atomic E-state index is 0.0492. The summed E-state index contributed by atoms with van der Waals surface area (Å²) in [5.74, 6) is -0.0558. The highest BCUT2D eigenvalue weighted by atomic mass is 31.3. The number of hydrogen-bond donors (Lipinski definition) is 5. The van der Waals surface area contributed by atoms with Crippen molar-refractivity contribution >= 4 is 29.3 Å². The maximum Gasteiger partial charge on any atom is 0.536 e. The van der Waals surface area contributed by atoms with Crippen LogP contribution in [0.3, 0.4) is 0 Å². The number of aliphatic hydroxyl groups is 1. The zero-order valence-corrected chi connectivity index (χ0v) is 22.0. The van der Waals surface area contributed by atoms with E-state index >= 15 is 0 Å². The van der Waals surface area contributed by atoms with Gasteiger partial charge in [0, 0.05) is 24.6 Å². The van der Waals surface area contributed by atoms with Crippen LogP contribution in [0.1, 0.15) is 43.2 Å². The third-order valence-corrected chi connectivity index (χ3v) is 11.9. The first-order valence-corrected chi connectivity index (χ1v) is 16.3. The maximum absolute atomic E-state index is 13.1. The van der Waals surface area contributed by atoms with Crippen LogP contribution in [0.2, 0.25) is 0 Å². The minimum Gasteiger partial charge on any atom is -0.477 e. The highest BCUT2D eigenvalue weighted by Crippen LogP contribution is 2.69. The van der Waals surface area contributed by atoms with Gasteiger partial charge in [-0.1, -0.05) is 6.07 Å². The molecule has 0 aromatic heterocycles. The number of ketones is 1. The van der Waals surface area contributed by atoms with Crippen LogP contribution >= 0.6 is 23.5 Å². The molecular formula is C20H26NO13P3. The fourth-order valence-corrected chi connectivity index (χ4v) is 9.78. The molecule has 2 unspecified atom stereocenters.